The van der Waals surface area contributed by atoms with Crippen LogP contribution in [0, 0.1) is 0 Å². The first-order chi connectivity index (χ1) is 5.81. The van der Waals surface area contributed by atoms with Crippen molar-refractivity contribution >= 4 is 5.91 Å². The van der Waals surface area contributed by atoms with Crippen LogP contribution in [-0.2, 0) is 9.53 Å². The Morgan fingerprint density at radius 3 is 2.67 bits per heavy atom. The van der Waals surface area contributed by atoms with E-state index in [4.69, 9.17) is 4.74 Å². The molecule has 2 heterocycles. The molecule has 0 saturated carbocycles. The molecule has 12 heavy (non-hydrogen) atoms. The van der Waals surface area contributed by atoms with Crippen molar-refractivity contribution in [2.24, 2.45) is 0 Å². The van der Waals surface area contributed by atoms with Crippen LogP contribution in [0.25, 0.3) is 0 Å². The average Bonchev–Trinajstić information content (AvgIpc) is 2.05. The molecule has 0 unspecified atom stereocenters. The van der Waals surface area contributed by atoms with E-state index in [0.29, 0.717) is 6.42 Å². The number of ether oxygens (including phenoxy) is 1. The van der Waals surface area contributed by atoms with Crippen molar-refractivity contribution in [1.29, 1.82) is 0 Å². The molecule has 0 aromatic carbocycles. The van der Waals surface area contributed by atoms with E-state index in [9.17, 15) is 4.79 Å². The molecule has 1 spiro atoms. The molecule has 2 aliphatic rings. The van der Waals surface area contributed by atoms with Crippen molar-refractivity contribution in [3.63, 3.8) is 0 Å². The molecule has 0 aromatic rings. The first kappa shape index (κ1) is 8.05. The van der Waals surface area contributed by atoms with E-state index in [1.807, 2.05) is 0 Å². The molecule has 3 heteroatoms. The molecule has 2 aliphatic heterocycles. The molecular formula is C9H15NO2. The number of carbonyl (C=O) groups is 1. The van der Waals surface area contributed by atoms with Gasteiger partial charge in [-0.3, -0.25) is 4.79 Å². The summed E-state index contributed by atoms with van der Waals surface area (Å²) in [7, 11) is 0. The van der Waals surface area contributed by atoms with E-state index in [2.05, 4.69) is 5.32 Å². The number of hydrogen-bond acceptors (Lipinski definition) is 2. The lowest BCUT2D eigenvalue weighted by Crippen LogP contribution is -2.54. The minimum Gasteiger partial charge on any atom is -0.381 e. The van der Waals surface area contributed by atoms with Gasteiger partial charge in [0.15, 0.2) is 0 Å². The Labute approximate surface area is 72.5 Å². The van der Waals surface area contributed by atoms with Crippen LogP contribution in [0.1, 0.15) is 32.1 Å². The summed E-state index contributed by atoms with van der Waals surface area (Å²) in [5.74, 6) is 0.225. The van der Waals surface area contributed by atoms with Gasteiger partial charge in [-0.2, -0.15) is 0 Å². The summed E-state index contributed by atoms with van der Waals surface area (Å²) in [6.07, 6.45) is 4.90. The van der Waals surface area contributed by atoms with E-state index in [-0.39, 0.29) is 11.4 Å². The molecule has 0 radical (unpaired) electrons. The van der Waals surface area contributed by atoms with Crippen molar-refractivity contribution in [3.8, 4) is 0 Å². The van der Waals surface area contributed by atoms with E-state index in [0.717, 1.165) is 38.9 Å². The van der Waals surface area contributed by atoms with E-state index >= 15 is 0 Å². The number of piperidine rings is 1. The molecule has 1 amide bonds. The quantitative estimate of drug-likeness (QED) is 0.583. The number of carbonyl (C=O) groups excluding carboxylic acids is 1. The van der Waals surface area contributed by atoms with Gasteiger partial charge in [0, 0.05) is 25.2 Å². The lowest BCUT2D eigenvalue weighted by atomic mass is 9.82. The summed E-state index contributed by atoms with van der Waals surface area (Å²) < 4.78 is 5.28. The van der Waals surface area contributed by atoms with Crippen molar-refractivity contribution in [3.05, 3.63) is 0 Å². The molecule has 0 aliphatic carbocycles. The highest BCUT2D eigenvalue weighted by atomic mass is 16.5. The highest BCUT2D eigenvalue weighted by Gasteiger charge is 2.36. The maximum atomic E-state index is 11.2. The summed E-state index contributed by atoms with van der Waals surface area (Å²) >= 11 is 0. The molecule has 0 bridgehead atoms. The third-order valence-electron chi connectivity index (χ3n) is 2.91. The second-order valence-corrected chi connectivity index (χ2v) is 3.79. The van der Waals surface area contributed by atoms with Crippen LogP contribution < -0.4 is 5.32 Å². The molecule has 0 atom stereocenters. The summed E-state index contributed by atoms with van der Waals surface area (Å²) in [5.41, 5.74) is 0.105. The predicted molar refractivity (Wildman–Crippen MR) is 44.8 cm³/mol. The smallest absolute Gasteiger partial charge is 0.220 e. The Hall–Kier alpha value is -0.570. The minimum atomic E-state index is 0.105. The predicted octanol–water partition coefficient (Wildman–Crippen LogP) is 0.836. The van der Waals surface area contributed by atoms with Gasteiger partial charge >= 0.3 is 0 Å². The highest BCUT2D eigenvalue weighted by Crippen LogP contribution is 2.29. The fraction of sp³-hybridized carbons (Fsp3) is 0.889. The van der Waals surface area contributed by atoms with Crippen LogP contribution in [0.2, 0.25) is 0 Å². The Morgan fingerprint density at radius 1 is 1.25 bits per heavy atom. The number of nitrogens with one attached hydrogen (secondary N) is 1. The first-order valence-electron chi connectivity index (χ1n) is 4.70. The fourth-order valence-electron chi connectivity index (χ4n) is 2.15. The zero-order chi connectivity index (χ0) is 8.44. The normalized spacial score (nSPS) is 28.5. The van der Waals surface area contributed by atoms with Crippen LogP contribution in [-0.4, -0.2) is 24.7 Å². The summed E-state index contributed by atoms with van der Waals surface area (Å²) in [5, 5.41) is 3.11. The molecule has 68 valence electrons. The van der Waals surface area contributed by atoms with Crippen molar-refractivity contribution < 1.29 is 9.53 Å². The largest absolute Gasteiger partial charge is 0.381 e. The van der Waals surface area contributed by atoms with E-state index in [1.165, 1.54) is 0 Å². The van der Waals surface area contributed by atoms with Crippen LogP contribution in [0.4, 0.5) is 0 Å². The fourth-order valence-corrected chi connectivity index (χ4v) is 2.15. The molecule has 1 N–H and O–H groups in total. The van der Waals surface area contributed by atoms with Gasteiger partial charge in [0.05, 0.1) is 0 Å². The molecule has 0 aromatic heterocycles. The zero-order valence-corrected chi connectivity index (χ0v) is 7.27. The molecule has 2 rings (SSSR count). The van der Waals surface area contributed by atoms with Crippen LogP contribution in [0.15, 0.2) is 0 Å². The van der Waals surface area contributed by atoms with E-state index in [1.54, 1.807) is 0 Å². The Balaban J connectivity index is 2.02. The summed E-state index contributed by atoms with van der Waals surface area (Å²) in [6, 6.07) is 0. The SMILES string of the molecule is O=C1CCCC2(CCOCC2)N1. The highest BCUT2D eigenvalue weighted by molar-refractivity contribution is 5.77. The third-order valence-corrected chi connectivity index (χ3v) is 2.91. The van der Waals surface area contributed by atoms with Crippen LogP contribution in [0.5, 0.6) is 0 Å². The average molecular weight is 169 g/mol. The molecule has 3 nitrogen and oxygen atoms in total. The number of hydrogen-bond donors (Lipinski definition) is 1. The maximum Gasteiger partial charge on any atom is 0.220 e. The number of rotatable bonds is 0. The number of amides is 1. The van der Waals surface area contributed by atoms with Gasteiger partial charge in [-0.15, -0.1) is 0 Å². The zero-order valence-electron chi connectivity index (χ0n) is 7.27. The van der Waals surface area contributed by atoms with Crippen LogP contribution >= 0.6 is 0 Å². The van der Waals surface area contributed by atoms with Gasteiger partial charge in [-0.05, 0) is 25.7 Å². The van der Waals surface area contributed by atoms with Crippen molar-refractivity contribution in [2.45, 2.75) is 37.6 Å². The van der Waals surface area contributed by atoms with E-state index < -0.39 is 0 Å². The Bertz CT molecular complexity index is 179. The first-order valence-corrected chi connectivity index (χ1v) is 4.70. The van der Waals surface area contributed by atoms with Gasteiger partial charge in [-0.25, -0.2) is 0 Å². The standard InChI is InChI=1S/C9H15NO2/c11-8-2-1-3-9(10-8)4-6-12-7-5-9/h1-7H2,(H,10,11). The lowest BCUT2D eigenvalue weighted by molar-refractivity contribution is -0.126. The maximum absolute atomic E-state index is 11.2. The van der Waals surface area contributed by atoms with Crippen LogP contribution in [0.3, 0.4) is 0 Å². The van der Waals surface area contributed by atoms with Gasteiger partial charge < -0.3 is 10.1 Å². The summed E-state index contributed by atoms with van der Waals surface area (Å²) in [4.78, 5) is 11.2. The topological polar surface area (TPSA) is 38.3 Å². The van der Waals surface area contributed by atoms with Crippen molar-refractivity contribution in [1.82, 2.24) is 5.32 Å². The third kappa shape index (κ3) is 1.46. The van der Waals surface area contributed by atoms with Gasteiger partial charge in [-0.1, -0.05) is 0 Å². The van der Waals surface area contributed by atoms with Crippen molar-refractivity contribution in [2.75, 3.05) is 13.2 Å². The minimum absolute atomic E-state index is 0.105. The van der Waals surface area contributed by atoms with Gasteiger partial charge in [0.1, 0.15) is 0 Å². The lowest BCUT2D eigenvalue weighted by Gasteiger charge is -2.40. The molecule has 2 fully saturated rings. The summed E-state index contributed by atoms with van der Waals surface area (Å²) in [6.45, 7) is 1.61. The second kappa shape index (κ2) is 3.05. The molecule has 2 saturated heterocycles. The monoisotopic (exact) mass is 169 g/mol. The van der Waals surface area contributed by atoms with Gasteiger partial charge in [0.2, 0.25) is 5.91 Å². The second-order valence-electron chi connectivity index (χ2n) is 3.79. The Kier molecular flexibility index (Phi) is 2.05. The Morgan fingerprint density at radius 2 is 2.00 bits per heavy atom. The molecular weight excluding hydrogens is 154 g/mol. The van der Waals surface area contributed by atoms with Gasteiger partial charge in [0.25, 0.3) is 0 Å².